The van der Waals surface area contributed by atoms with Crippen LogP contribution >= 0.6 is 0 Å². The molecular formula is C20H22FN5O2. The third-order valence-electron chi connectivity index (χ3n) is 5.41. The molecule has 4 rings (SSSR count). The van der Waals surface area contributed by atoms with Crippen LogP contribution in [0.15, 0.2) is 41.6 Å². The van der Waals surface area contributed by atoms with Crippen molar-refractivity contribution in [2.24, 2.45) is 0 Å². The summed E-state index contributed by atoms with van der Waals surface area (Å²) < 4.78 is 16.0. The molecule has 3 heterocycles. The van der Waals surface area contributed by atoms with Gasteiger partial charge in [-0.15, -0.1) is 0 Å². The average molecular weight is 383 g/mol. The molecule has 8 heteroatoms. The van der Waals surface area contributed by atoms with Crippen molar-refractivity contribution in [3.05, 3.63) is 53.0 Å². The van der Waals surface area contributed by atoms with Crippen molar-refractivity contribution in [3.63, 3.8) is 0 Å². The fourth-order valence-corrected chi connectivity index (χ4v) is 3.97. The van der Waals surface area contributed by atoms with Gasteiger partial charge in [-0.1, -0.05) is 0 Å². The first kappa shape index (κ1) is 18.3. The Morgan fingerprint density at radius 1 is 1.18 bits per heavy atom. The molecule has 0 spiro atoms. The van der Waals surface area contributed by atoms with E-state index in [4.69, 9.17) is 0 Å². The number of hydrogen-bond donors (Lipinski definition) is 0. The van der Waals surface area contributed by atoms with Gasteiger partial charge < -0.3 is 4.90 Å². The number of piperidine rings is 1. The van der Waals surface area contributed by atoms with Crippen molar-refractivity contribution in [3.8, 4) is 5.69 Å². The van der Waals surface area contributed by atoms with Crippen LogP contribution < -0.4 is 5.56 Å². The monoisotopic (exact) mass is 383 g/mol. The largest absolute Gasteiger partial charge is 0.336 e. The maximum Gasteiger partial charge on any atom is 0.264 e. The lowest BCUT2D eigenvalue weighted by Crippen LogP contribution is -2.49. The van der Waals surface area contributed by atoms with Gasteiger partial charge in [0, 0.05) is 12.1 Å². The normalized spacial score (nSPS) is 19.9. The average Bonchev–Trinajstić information content (AvgIpc) is 3.09. The zero-order valence-electron chi connectivity index (χ0n) is 15.9. The SMILES string of the molecule is CC1CCCC(C)N1C(=O)Cn1cnc2c(cnn2-c2ccc(F)cc2)c1=O. The Hall–Kier alpha value is -3.03. The summed E-state index contributed by atoms with van der Waals surface area (Å²) in [5.41, 5.74) is 0.664. The van der Waals surface area contributed by atoms with Gasteiger partial charge >= 0.3 is 0 Å². The molecule has 2 atom stereocenters. The zero-order valence-corrected chi connectivity index (χ0v) is 15.9. The van der Waals surface area contributed by atoms with Gasteiger partial charge in [0.2, 0.25) is 5.91 Å². The van der Waals surface area contributed by atoms with Crippen molar-refractivity contribution in [1.29, 1.82) is 0 Å². The van der Waals surface area contributed by atoms with Gasteiger partial charge in [-0.25, -0.2) is 14.1 Å². The highest BCUT2D eigenvalue weighted by Crippen LogP contribution is 2.23. The number of hydrogen-bond acceptors (Lipinski definition) is 4. The fraction of sp³-hybridized carbons (Fsp3) is 0.400. The summed E-state index contributed by atoms with van der Waals surface area (Å²) in [6, 6.07) is 6.12. The fourth-order valence-electron chi connectivity index (χ4n) is 3.97. The summed E-state index contributed by atoms with van der Waals surface area (Å²) in [6.45, 7) is 4.05. The third kappa shape index (κ3) is 3.19. The van der Waals surface area contributed by atoms with E-state index < -0.39 is 0 Å². The predicted molar refractivity (Wildman–Crippen MR) is 103 cm³/mol. The summed E-state index contributed by atoms with van der Waals surface area (Å²) in [7, 11) is 0. The quantitative estimate of drug-likeness (QED) is 0.697. The molecule has 2 aromatic heterocycles. The van der Waals surface area contributed by atoms with E-state index in [1.54, 1.807) is 12.1 Å². The number of likely N-dealkylation sites (tertiary alicyclic amines) is 1. The summed E-state index contributed by atoms with van der Waals surface area (Å²) in [4.78, 5) is 31.9. The lowest BCUT2D eigenvalue weighted by atomic mass is 9.97. The number of carbonyl (C=O) groups is 1. The summed E-state index contributed by atoms with van der Waals surface area (Å²) in [6.07, 6.45) is 5.88. The molecule has 0 bridgehead atoms. The van der Waals surface area contributed by atoms with Crippen molar-refractivity contribution < 1.29 is 9.18 Å². The van der Waals surface area contributed by atoms with Crippen LogP contribution in [0, 0.1) is 5.82 Å². The van der Waals surface area contributed by atoms with Gasteiger partial charge in [-0.2, -0.15) is 5.10 Å². The molecule has 0 radical (unpaired) electrons. The van der Waals surface area contributed by atoms with Crippen molar-refractivity contribution >= 4 is 16.9 Å². The molecule has 0 saturated carbocycles. The smallest absolute Gasteiger partial charge is 0.264 e. The Bertz CT molecular complexity index is 1060. The van der Waals surface area contributed by atoms with Crippen molar-refractivity contribution in [1.82, 2.24) is 24.2 Å². The minimum atomic E-state index is -0.352. The van der Waals surface area contributed by atoms with Crippen LogP contribution in [0.4, 0.5) is 4.39 Å². The molecule has 1 saturated heterocycles. The number of halogens is 1. The Morgan fingerprint density at radius 2 is 1.86 bits per heavy atom. The molecule has 3 aromatic rings. The maximum absolute atomic E-state index is 13.2. The van der Waals surface area contributed by atoms with E-state index >= 15 is 0 Å². The first-order chi connectivity index (χ1) is 13.5. The van der Waals surface area contributed by atoms with Crippen molar-refractivity contribution in [2.45, 2.75) is 51.7 Å². The van der Waals surface area contributed by atoms with Crippen molar-refractivity contribution in [2.75, 3.05) is 0 Å². The van der Waals surface area contributed by atoms with Gasteiger partial charge in [0.05, 0.1) is 11.9 Å². The third-order valence-corrected chi connectivity index (χ3v) is 5.41. The van der Waals surface area contributed by atoms with Crippen LogP contribution in [0.25, 0.3) is 16.7 Å². The highest BCUT2D eigenvalue weighted by atomic mass is 19.1. The second kappa shape index (κ2) is 7.18. The van der Waals surface area contributed by atoms with E-state index in [2.05, 4.69) is 10.1 Å². The van der Waals surface area contributed by atoms with Gasteiger partial charge in [-0.05, 0) is 57.4 Å². The first-order valence-corrected chi connectivity index (χ1v) is 9.46. The summed E-state index contributed by atoms with van der Waals surface area (Å²) >= 11 is 0. The van der Waals surface area contributed by atoms with Crippen LogP contribution in [-0.2, 0) is 11.3 Å². The zero-order chi connectivity index (χ0) is 19.8. The molecule has 28 heavy (non-hydrogen) atoms. The van der Waals surface area contributed by atoms with E-state index in [-0.39, 0.29) is 35.9 Å². The molecule has 1 aliphatic heterocycles. The highest BCUT2D eigenvalue weighted by Gasteiger charge is 2.29. The number of amides is 1. The van der Waals surface area contributed by atoms with E-state index in [1.807, 2.05) is 18.7 Å². The molecule has 0 aliphatic carbocycles. The molecule has 1 amide bonds. The van der Waals surface area contributed by atoms with Gasteiger partial charge in [0.15, 0.2) is 5.65 Å². The molecule has 1 aromatic carbocycles. The lowest BCUT2D eigenvalue weighted by Gasteiger charge is -2.39. The summed E-state index contributed by atoms with van der Waals surface area (Å²) in [5, 5.41) is 4.53. The minimum Gasteiger partial charge on any atom is -0.336 e. The van der Waals surface area contributed by atoms with Crippen LogP contribution in [-0.4, -0.2) is 42.2 Å². The Morgan fingerprint density at radius 3 is 2.54 bits per heavy atom. The van der Waals surface area contributed by atoms with Gasteiger partial charge in [-0.3, -0.25) is 14.2 Å². The number of benzene rings is 1. The standard InChI is InChI=1S/C20H22FN5O2/c1-13-4-3-5-14(2)25(13)18(27)11-24-12-22-19-17(20(24)28)10-23-26(19)16-8-6-15(21)7-9-16/h6-10,12-14H,3-5,11H2,1-2H3. The number of carbonyl (C=O) groups excluding carboxylic acids is 1. The second-order valence-electron chi connectivity index (χ2n) is 7.38. The minimum absolute atomic E-state index is 0.0435. The molecule has 0 N–H and O–H groups in total. The van der Waals surface area contributed by atoms with Crippen LogP contribution in [0.1, 0.15) is 33.1 Å². The maximum atomic E-state index is 13.2. The molecule has 1 aliphatic rings. The van der Waals surface area contributed by atoms with Gasteiger partial charge in [0.1, 0.15) is 24.1 Å². The highest BCUT2D eigenvalue weighted by molar-refractivity contribution is 5.78. The number of rotatable bonds is 3. The van der Waals surface area contributed by atoms with E-state index in [0.29, 0.717) is 16.7 Å². The number of fused-ring (bicyclic) bond motifs is 1. The molecule has 146 valence electrons. The second-order valence-corrected chi connectivity index (χ2v) is 7.38. The Kier molecular flexibility index (Phi) is 4.70. The van der Waals surface area contributed by atoms with E-state index in [1.165, 1.54) is 33.9 Å². The summed E-state index contributed by atoms with van der Waals surface area (Å²) in [5.74, 6) is -0.427. The molecular weight excluding hydrogens is 361 g/mol. The van der Waals surface area contributed by atoms with E-state index in [9.17, 15) is 14.0 Å². The van der Waals surface area contributed by atoms with Crippen LogP contribution in [0.2, 0.25) is 0 Å². The Labute approximate surface area is 161 Å². The molecule has 1 fully saturated rings. The first-order valence-electron chi connectivity index (χ1n) is 9.46. The lowest BCUT2D eigenvalue weighted by molar-refractivity contribution is -0.138. The number of nitrogens with zero attached hydrogens (tertiary/aromatic N) is 5. The molecule has 7 nitrogen and oxygen atoms in total. The topological polar surface area (TPSA) is 73.0 Å². The Balaban J connectivity index is 1.65. The van der Waals surface area contributed by atoms with Crippen LogP contribution in [0.3, 0.4) is 0 Å². The predicted octanol–water partition coefficient (Wildman–Crippen LogP) is 2.51. The van der Waals surface area contributed by atoms with Gasteiger partial charge in [0.25, 0.3) is 5.56 Å². The van der Waals surface area contributed by atoms with Crippen LogP contribution in [0.5, 0.6) is 0 Å². The number of aromatic nitrogens is 4. The molecule has 2 unspecified atom stereocenters. The van der Waals surface area contributed by atoms with E-state index in [0.717, 1.165) is 19.3 Å².